The van der Waals surface area contributed by atoms with E-state index in [1.807, 2.05) is 35.2 Å². The van der Waals surface area contributed by atoms with E-state index in [2.05, 4.69) is 32.6 Å². The predicted molar refractivity (Wildman–Crippen MR) is 122 cm³/mol. The second-order valence-corrected chi connectivity index (χ2v) is 9.72. The van der Waals surface area contributed by atoms with E-state index in [0.717, 1.165) is 6.42 Å². The maximum Gasteiger partial charge on any atom is 0.257 e. The van der Waals surface area contributed by atoms with Crippen molar-refractivity contribution in [2.45, 2.75) is 58.9 Å². The highest BCUT2D eigenvalue weighted by Gasteiger charge is 2.38. The van der Waals surface area contributed by atoms with Gasteiger partial charge in [0.2, 0.25) is 5.95 Å². The summed E-state index contributed by atoms with van der Waals surface area (Å²) >= 11 is 0. The van der Waals surface area contributed by atoms with Crippen LogP contribution in [-0.2, 0) is 11.3 Å². The first-order valence-corrected chi connectivity index (χ1v) is 11.2. The first-order valence-electron chi connectivity index (χ1n) is 11.2. The van der Waals surface area contributed by atoms with E-state index in [1.165, 1.54) is 0 Å². The maximum atomic E-state index is 15.4. The molecule has 0 bridgehead atoms. The van der Waals surface area contributed by atoms with Gasteiger partial charge in [0.15, 0.2) is 0 Å². The van der Waals surface area contributed by atoms with Crippen LogP contribution in [-0.4, -0.2) is 47.9 Å². The summed E-state index contributed by atoms with van der Waals surface area (Å²) in [6.07, 6.45) is -0.382. The number of hydrogen-bond donors (Lipinski definition) is 0. The maximum absolute atomic E-state index is 15.4. The molecule has 1 aromatic heterocycles. The fraction of sp³-hybridized carbons (Fsp3) is 0.583. The summed E-state index contributed by atoms with van der Waals surface area (Å²) < 4.78 is 22.7. The first-order chi connectivity index (χ1) is 14.8. The molecule has 1 aromatic carbocycles. The third kappa shape index (κ3) is 4.47. The van der Waals surface area contributed by atoms with Crippen molar-refractivity contribution < 1.29 is 9.13 Å². The topological polar surface area (TPSA) is 50.6 Å². The number of hydrogen-bond acceptors (Lipinski definition) is 5. The molecule has 0 aliphatic carbocycles. The van der Waals surface area contributed by atoms with Crippen molar-refractivity contribution in [2.24, 2.45) is 5.41 Å². The van der Waals surface area contributed by atoms with Gasteiger partial charge < -0.3 is 14.5 Å². The molecule has 2 aliphatic rings. The van der Waals surface area contributed by atoms with Crippen LogP contribution in [0.15, 0.2) is 41.2 Å². The summed E-state index contributed by atoms with van der Waals surface area (Å²) in [5.74, 6) is 1.23. The zero-order valence-corrected chi connectivity index (χ0v) is 18.9. The second kappa shape index (κ2) is 8.61. The van der Waals surface area contributed by atoms with E-state index in [0.29, 0.717) is 43.6 Å². The summed E-state index contributed by atoms with van der Waals surface area (Å²) in [7, 11) is 0. The number of aromatic nitrogens is 2. The van der Waals surface area contributed by atoms with Crippen molar-refractivity contribution in [2.75, 3.05) is 36.1 Å². The van der Waals surface area contributed by atoms with Crippen LogP contribution in [0.1, 0.15) is 45.9 Å². The van der Waals surface area contributed by atoms with Crippen LogP contribution in [0.3, 0.4) is 0 Å². The Hall–Kier alpha value is -2.41. The van der Waals surface area contributed by atoms with Crippen LogP contribution in [0.4, 0.5) is 16.2 Å². The van der Waals surface area contributed by atoms with Crippen LogP contribution < -0.4 is 15.4 Å². The van der Waals surface area contributed by atoms with Crippen molar-refractivity contribution in [1.82, 2.24) is 9.55 Å². The lowest BCUT2D eigenvalue weighted by molar-refractivity contribution is 0.0984. The van der Waals surface area contributed by atoms with Gasteiger partial charge in [0.25, 0.3) is 5.56 Å². The number of anilines is 2. The third-order valence-electron chi connectivity index (χ3n) is 6.41. The number of ether oxygens (including phenoxy) is 1. The Labute approximate surface area is 183 Å². The van der Waals surface area contributed by atoms with E-state index in [4.69, 9.17) is 9.72 Å². The Bertz CT molecular complexity index is 956. The minimum Gasteiger partial charge on any atom is -0.377 e. The molecular weight excluding hydrogens is 395 g/mol. The molecule has 1 saturated heterocycles. The summed E-state index contributed by atoms with van der Waals surface area (Å²) in [5, 5.41) is 0. The second-order valence-electron chi connectivity index (χ2n) is 9.72. The van der Waals surface area contributed by atoms with Crippen LogP contribution in [0, 0.1) is 5.41 Å². The minimum absolute atomic E-state index is 0.0776. The molecule has 31 heavy (non-hydrogen) atoms. The number of fused-ring (bicyclic) bond motifs is 1. The molecule has 0 amide bonds. The van der Waals surface area contributed by atoms with E-state index in [9.17, 15) is 4.79 Å². The summed E-state index contributed by atoms with van der Waals surface area (Å²) in [5.41, 5.74) is 0.487. The average molecular weight is 429 g/mol. The average Bonchev–Trinajstić information content (AvgIpc) is 2.74. The van der Waals surface area contributed by atoms with Gasteiger partial charge in [-0.05, 0) is 24.3 Å². The van der Waals surface area contributed by atoms with Crippen molar-refractivity contribution >= 4 is 11.8 Å². The number of alkyl halides is 1. The normalized spacial score (nSPS) is 22.9. The molecule has 0 N–H and O–H groups in total. The van der Waals surface area contributed by atoms with Gasteiger partial charge in [-0.2, -0.15) is 4.98 Å². The fourth-order valence-electron chi connectivity index (χ4n) is 4.72. The largest absolute Gasteiger partial charge is 0.377 e. The van der Waals surface area contributed by atoms with Crippen molar-refractivity contribution in [3.63, 3.8) is 0 Å². The molecule has 0 spiro atoms. The van der Waals surface area contributed by atoms with Gasteiger partial charge in [0.1, 0.15) is 12.0 Å². The number of morpholine rings is 1. The van der Waals surface area contributed by atoms with Gasteiger partial charge in [-0.15, -0.1) is 0 Å². The summed E-state index contributed by atoms with van der Waals surface area (Å²) in [6, 6.07) is 11.1. The van der Waals surface area contributed by atoms with E-state index in [1.54, 1.807) is 10.6 Å². The predicted octanol–water partition coefficient (Wildman–Crippen LogP) is 3.80. The molecule has 6 nitrogen and oxygen atoms in total. The number of halogens is 1. The number of rotatable bonds is 4. The van der Waals surface area contributed by atoms with Crippen molar-refractivity contribution in [1.29, 1.82) is 0 Å². The Morgan fingerprint density at radius 2 is 1.97 bits per heavy atom. The van der Waals surface area contributed by atoms with Gasteiger partial charge in [-0.3, -0.25) is 9.36 Å². The number of nitrogens with zero attached hydrogens (tertiary/aromatic N) is 4. The van der Waals surface area contributed by atoms with E-state index in [-0.39, 0.29) is 29.6 Å². The molecule has 2 aliphatic heterocycles. The molecule has 0 radical (unpaired) electrons. The molecule has 1 fully saturated rings. The highest BCUT2D eigenvalue weighted by Crippen LogP contribution is 2.36. The van der Waals surface area contributed by atoms with Gasteiger partial charge >= 0.3 is 0 Å². The monoisotopic (exact) mass is 428 g/mol. The minimum atomic E-state index is -1.17. The Morgan fingerprint density at radius 1 is 1.23 bits per heavy atom. The summed E-state index contributed by atoms with van der Waals surface area (Å²) in [4.78, 5) is 22.1. The molecule has 168 valence electrons. The van der Waals surface area contributed by atoms with Crippen LogP contribution in [0.25, 0.3) is 0 Å². The third-order valence-corrected chi connectivity index (χ3v) is 6.41. The van der Waals surface area contributed by atoms with Crippen molar-refractivity contribution in [3.8, 4) is 0 Å². The van der Waals surface area contributed by atoms with Crippen LogP contribution in [0.2, 0.25) is 0 Å². The molecule has 3 atom stereocenters. The molecule has 2 aromatic rings. The summed E-state index contributed by atoms with van der Waals surface area (Å²) in [6.45, 7) is 11.2. The highest BCUT2D eigenvalue weighted by atomic mass is 19.1. The van der Waals surface area contributed by atoms with Gasteiger partial charge in [-0.1, -0.05) is 51.1 Å². The zero-order valence-electron chi connectivity index (χ0n) is 18.9. The quantitative estimate of drug-likeness (QED) is 0.741. The molecule has 3 heterocycles. The van der Waals surface area contributed by atoms with Gasteiger partial charge in [0, 0.05) is 25.2 Å². The molecule has 7 heteroatoms. The lowest BCUT2D eigenvalue weighted by Crippen LogP contribution is -2.53. The SMILES string of the molecule is C[C@@H]1COCCN1c1cc(=O)n2c(n1)N(CC(F)c1ccccc1)[C@H](C(C)(C)C)CC2. The Morgan fingerprint density at radius 3 is 2.65 bits per heavy atom. The lowest BCUT2D eigenvalue weighted by atomic mass is 9.82. The zero-order chi connectivity index (χ0) is 22.2. The first kappa shape index (κ1) is 21.8. The highest BCUT2D eigenvalue weighted by molar-refractivity contribution is 5.48. The molecule has 0 saturated carbocycles. The number of benzene rings is 1. The Kier molecular flexibility index (Phi) is 6.06. The van der Waals surface area contributed by atoms with Gasteiger partial charge in [-0.25, -0.2) is 4.39 Å². The van der Waals surface area contributed by atoms with Crippen molar-refractivity contribution in [3.05, 3.63) is 52.3 Å². The van der Waals surface area contributed by atoms with E-state index >= 15 is 4.39 Å². The fourth-order valence-corrected chi connectivity index (χ4v) is 4.72. The lowest BCUT2D eigenvalue weighted by Gasteiger charge is -2.45. The molecule has 1 unspecified atom stereocenters. The van der Waals surface area contributed by atoms with Crippen LogP contribution >= 0.6 is 0 Å². The van der Waals surface area contributed by atoms with E-state index < -0.39 is 6.17 Å². The molecule has 4 rings (SSSR count). The Balaban J connectivity index is 1.75. The standard InChI is InChI=1S/C24H33FN4O2/c1-17-16-31-13-12-27(17)21-14-22(30)28-11-10-20(24(2,3)4)29(23(28)26-21)15-19(25)18-8-6-5-7-9-18/h5-9,14,17,19-20H,10-13,15-16H2,1-4H3/t17-,19?,20+/m1/s1. The van der Waals surface area contributed by atoms with Crippen LogP contribution in [0.5, 0.6) is 0 Å². The smallest absolute Gasteiger partial charge is 0.257 e. The van der Waals surface area contributed by atoms with Gasteiger partial charge in [0.05, 0.1) is 25.8 Å². The molecular formula is C24H33FN4O2.